The van der Waals surface area contributed by atoms with Gasteiger partial charge in [0.25, 0.3) is 0 Å². The van der Waals surface area contributed by atoms with Gasteiger partial charge in [0, 0.05) is 19.3 Å². The maximum Gasteiger partial charge on any atom is 0.306 e. The third kappa shape index (κ3) is 64.3. The van der Waals surface area contributed by atoms with Crippen LogP contribution in [-0.4, -0.2) is 37.2 Å². The topological polar surface area (TPSA) is 78.9 Å². The molecule has 1 unspecified atom stereocenters. The molecule has 0 spiro atoms. The Balaban J connectivity index is 4.51. The highest BCUT2D eigenvalue weighted by Crippen LogP contribution is 2.15. The van der Waals surface area contributed by atoms with Gasteiger partial charge in [0.15, 0.2) is 6.10 Å². The monoisotopic (exact) mass is 1090 g/mol. The van der Waals surface area contributed by atoms with E-state index in [2.05, 4.69) is 154 Å². The van der Waals surface area contributed by atoms with Gasteiger partial charge < -0.3 is 14.2 Å². The predicted molar refractivity (Wildman–Crippen MR) is 343 cm³/mol. The number of unbranched alkanes of at least 4 members (excludes halogenated alkanes) is 25. The summed E-state index contributed by atoms with van der Waals surface area (Å²) in [5.74, 6) is -0.961. The van der Waals surface area contributed by atoms with Crippen molar-refractivity contribution in [3.8, 4) is 0 Å². The Morgan fingerprint density at radius 2 is 0.494 bits per heavy atom. The zero-order chi connectivity index (χ0) is 57.1. The lowest BCUT2D eigenvalue weighted by Gasteiger charge is -2.18. The van der Waals surface area contributed by atoms with Crippen LogP contribution in [0.25, 0.3) is 0 Å². The zero-order valence-electron chi connectivity index (χ0n) is 51.3. The quantitative estimate of drug-likeness (QED) is 0.0261. The van der Waals surface area contributed by atoms with Crippen molar-refractivity contribution in [3.63, 3.8) is 0 Å². The van der Waals surface area contributed by atoms with Gasteiger partial charge in [-0.3, -0.25) is 14.4 Å². The van der Waals surface area contributed by atoms with Crippen LogP contribution in [0, 0.1) is 0 Å². The minimum absolute atomic E-state index is 0.104. The summed E-state index contributed by atoms with van der Waals surface area (Å²) in [4.78, 5) is 38.4. The molecule has 0 aromatic heterocycles. The summed E-state index contributed by atoms with van der Waals surface area (Å²) in [7, 11) is 0. The van der Waals surface area contributed by atoms with Crippen LogP contribution in [0.2, 0.25) is 0 Å². The Morgan fingerprint density at radius 1 is 0.266 bits per heavy atom. The Kier molecular flexibility index (Phi) is 62.3. The molecule has 0 rings (SSSR count). The van der Waals surface area contributed by atoms with Gasteiger partial charge in [-0.25, -0.2) is 0 Å². The molecule has 0 fully saturated rings. The molecule has 6 nitrogen and oxygen atoms in total. The van der Waals surface area contributed by atoms with Crippen molar-refractivity contribution < 1.29 is 28.6 Å². The van der Waals surface area contributed by atoms with Gasteiger partial charge in [0.05, 0.1) is 0 Å². The van der Waals surface area contributed by atoms with Crippen LogP contribution in [0.3, 0.4) is 0 Å². The summed E-state index contributed by atoms with van der Waals surface area (Å²) in [5, 5.41) is 0. The van der Waals surface area contributed by atoms with Crippen molar-refractivity contribution in [2.45, 2.75) is 297 Å². The molecular weight excluding hydrogens is 973 g/mol. The minimum Gasteiger partial charge on any atom is -0.462 e. The molecule has 0 aliphatic heterocycles. The molecule has 0 amide bonds. The summed E-state index contributed by atoms with van der Waals surface area (Å²) in [6, 6.07) is 0. The van der Waals surface area contributed by atoms with Crippen LogP contribution >= 0.6 is 0 Å². The molecule has 0 saturated heterocycles. The van der Waals surface area contributed by atoms with E-state index in [0.29, 0.717) is 25.7 Å². The number of allylic oxidation sites excluding steroid dienone is 22. The minimum atomic E-state index is -0.811. The largest absolute Gasteiger partial charge is 0.462 e. The first-order chi connectivity index (χ1) is 39.0. The molecular formula is C73H120O6. The summed E-state index contributed by atoms with van der Waals surface area (Å²) in [6.45, 7) is 6.45. The second kappa shape index (κ2) is 66.1. The molecule has 0 N–H and O–H groups in total. The van der Waals surface area contributed by atoms with Crippen molar-refractivity contribution in [3.05, 3.63) is 134 Å². The summed E-state index contributed by atoms with van der Waals surface area (Å²) in [6.07, 6.45) is 93.0. The van der Waals surface area contributed by atoms with Crippen LogP contribution in [0.15, 0.2) is 134 Å². The number of rotatable bonds is 58. The van der Waals surface area contributed by atoms with Gasteiger partial charge in [0.2, 0.25) is 0 Å². The molecule has 0 radical (unpaired) electrons. The molecule has 0 bridgehead atoms. The Bertz CT molecular complexity index is 1680. The molecule has 1 atom stereocenters. The number of hydrogen-bond acceptors (Lipinski definition) is 6. The average molecular weight is 1090 g/mol. The number of carbonyl (C=O) groups is 3. The molecule has 0 aromatic rings. The standard InChI is InChI=1S/C73H120O6/c1-4-7-10-13-16-19-22-25-28-31-34-36-39-42-45-48-51-54-57-60-63-66-72(75)78-69-70(68-77-71(74)65-62-59-56-53-50-47-44-41-38-33-30-27-24-21-18-15-12-9-6-3)79-73(76)67-64-61-58-55-52-49-46-43-40-37-35-32-29-26-23-20-17-14-11-8-5-2/h7,10,16,18-19,21,23,25-28,30,32,34-36,38,41-42,45,51,54,70H,4-6,8-9,11-15,17,20,22,24,29,31,33,37,39-40,43-44,46-50,52-53,55-69H2,1-3H3/b10-7-,19-16-,21-18-,26-23-,28-25-,30-27-,35-32-,36-34-,41-38-,45-42-,54-51-. The summed E-state index contributed by atoms with van der Waals surface area (Å²) >= 11 is 0. The number of ether oxygens (including phenoxy) is 3. The molecule has 0 aromatic carbocycles. The third-order valence-electron chi connectivity index (χ3n) is 13.6. The first kappa shape index (κ1) is 74.5. The molecule has 0 heterocycles. The third-order valence-corrected chi connectivity index (χ3v) is 13.6. The van der Waals surface area contributed by atoms with Crippen molar-refractivity contribution in [1.29, 1.82) is 0 Å². The van der Waals surface area contributed by atoms with Crippen LogP contribution < -0.4 is 0 Å². The van der Waals surface area contributed by atoms with E-state index in [1.54, 1.807) is 0 Å². The second-order valence-corrected chi connectivity index (χ2v) is 21.3. The van der Waals surface area contributed by atoms with Crippen molar-refractivity contribution in [1.82, 2.24) is 0 Å². The van der Waals surface area contributed by atoms with Crippen LogP contribution in [0.1, 0.15) is 290 Å². The van der Waals surface area contributed by atoms with E-state index in [1.807, 2.05) is 0 Å². The zero-order valence-corrected chi connectivity index (χ0v) is 51.3. The highest BCUT2D eigenvalue weighted by molar-refractivity contribution is 5.71. The predicted octanol–water partition coefficient (Wildman–Crippen LogP) is 22.5. The van der Waals surface area contributed by atoms with Gasteiger partial charge in [0.1, 0.15) is 13.2 Å². The SMILES string of the molecule is CC/C=C\C/C=C\C/C=C\C/C=C\C/C=C\C/C=C\CCCCC(=O)OCC(COC(=O)CCCCCCCC/C=C\C/C=C\C/C=C\CCCCC)OC(=O)CCCCCCCCCCC/C=C\C/C=C\CCCCCCC. The van der Waals surface area contributed by atoms with Gasteiger partial charge in [-0.2, -0.15) is 0 Å². The molecule has 0 saturated carbocycles. The Labute approximate surface area is 487 Å². The maximum absolute atomic E-state index is 12.9. The lowest BCUT2D eigenvalue weighted by Crippen LogP contribution is -2.30. The fraction of sp³-hybridized carbons (Fsp3) is 0.658. The van der Waals surface area contributed by atoms with Crippen LogP contribution in [0.4, 0.5) is 0 Å². The van der Waals surface area contributed by atoms with E-state index in [9.17, 15) is 14.4 Å². The Morgan fingerprint density at radius 3 is 0.823 bits per heavy atom. The number of hydrogen-bond donors (Lipinski definition) is 0. The number of carbonyl (C=O) groups excluding carboxylic acids is 3. The number of esters is 3. The first-order valence-corrected chi connectivity index (χ1v) is 32.7. The van der Waals surface area contributed by atoms with E-state index in [0.717, 1.165) is 122 Å². The fourth-order valence-corrected chi connectivity index (χ4v) is 8.72. The smallest absolute Gasteiger partial charge is 0.306 e. The maximum atomic E-state index is 12.9. The average Bonchev–Trinajstić information content (AvgIpc) is 3.45. The summed E-state index contributed by atoms with van der Waals surface area (Å²) in [5.41, 5.74) is 0. The molecule has 0 aliphatic carbocycles. The molecule has 6 heteroatoms. The van der Waals surface area contributed by atoms with E-state index >= 15 is 0 Å². The van der Waals surface area contributed by atoms with Crippen molar-refractivity contribution in [2.75, 3.05) is 13.2 Å². The molecule has 0 aliphatic rings. The highest BCUT2D eigenvalue weighted by atomic mass is 16.6. The van der Waals surface area contributed by atoms with Crippen molar-refractivity contribution >= 4 is 17.9 Å². The van der Waals surface area contributed by atoms with E-state index in [4.69, 9.17) is 14.2 Å². The highest BCUT2D eigenvalue weighted by Gasteiger charge is 2.19. The fourth-order valence-electron chi connectivity index (χ4n) is 8.72. The van der Waals surface area contributed by atoms with Crippen LogP contribution in [0.5, 0.6) is 0 Å². The van der Waals surface area contributed by atoms with Gasteiger partial charge in [-0.1, -0.05) is 264 Å². The van der Waals surface area contributed by atoms with Gasteiger partial charge >= 0.3 is 17.9 Å². The lowest BCUT2D eigenvalue weighted by molar-refractivity contribution is -0.167. The first-order valence-electron chi connectivity index (χ1n) is 32.7. The molecule has 79 heavy (non-hydrogen) atoms. The summed E-state index contributed by atoms with van der Waals surface area (Å²) < 4.78 is 16.9. The van der Waals surface area contributed by atoms with Gasteiger partial charge in [-0.05, 0) is 141 Å². The normalized spacial score (nSPS) is 13.0. The van der Waals surface area contributed by atoms with Crippen molar-refractivity contribution in [2.24, 2.45) is 0 Å². The lowest BCUT2D eigenvalue weighted by atomic mass is 10.1. The van der Waals surface area contributed by atoms with Gasteiger partial charge in [-0.15, -0.1) is 0 Å². The Hall–Kier alpha value is -4.45. The second-order valence-electron chi connectivity index (χ2n) is 21.3. The van der Waals surface area contributed by atoms with E-state index in [1.165, 1.54) is 122 Å². The van der Waals surface area contributed by atoms with Crippen LogP contribution in [-0.2, 0) is 28.6 Å². The molecule has 448 valence electrons. The van der Waals surface area contributed by atoms with E-state index in [-0.39, 0.29) is 31.1 Å². The van der Waals surface area contributed by atoms with E-state index < -0.39 is 6.10 Å².